The number of carbonyl (C=O) groups is 1. The topological polar surface area (TPSA) is 60.2 Å². The summed E-state index contributed by atoms with van der Waals surface area (Å²) in [6.45, 7) is 3.07. The second-order valence-corrected chi connectivity index (χ2v) is 2.20. The van der Waals surface area contributed by atoms with E-state index in [0.717, 1.165) is 0 Å². The van der Waals surface area contributed by atoms with Gasteiger partial charge in [-0.15, -0.1) is 0 Å². The molecule has 0 aromatic rings. The lowest BCUT2D eigenvalue weighted by Gasteiger charge is -2.01. The molecule has 0 rings (SSSR count). The van der Waals surface area contributed by atoms with Crippen molar-refractivity contribution in [2.24, 2.45) is 0 Å². The van der Waals surface area contributed by atoms with Crippen LogP contribution in [0, 0.1) is 10.1 Å². The second-order valence-electron chi connectivity index (χ2n) is 2.20. The van der Waals surface area contributed by atoms with E-state index in [1.165, 1.54) is 6.92 Å². The van der Waals surface area contributed by atoms with Crippen LogP contribution in [0.3, 0.4) is 0 Å². The highest BCUT2D eigenvalue weighted by Crippen LogP contribution is 2.01. The van der Waals surface area contributed by atoms with E-state index in [-0.39, 0.29) is 5.78 Å². The van der Waals surface area contributed by atoms with Crippen LogP contribution in [-0.4, -0.2) is 16.7 Å². The third-order valence-corrected chi connectivity index (χ3v) is 1.29. The van der Waals surface area contributed by atoms with E-state index >= 15 is 0 Å². The van der Waals surface area contributed by atoms with Crippen LogP contribution in [0.15, 0.2) is 0 Å². The highest BCUT2D eigenvalue weighted by Gasteiger charge is 2.23. The van der Waals surface area contributed by atoms with Gasteiger partial charge in [0.25, 0.3) is 6.04 Å². The van der Waals surface area contributed by atoms with E-state index in [4.69, 9.17) is 0 Å². The maximum Gasteiger partial charge on any atom is 0.269 e. The Balaban J connectivity index is 3.98. The largest absolute Gasteiger partial charge is 0.292 e. The Hall–Kier alpha value is -0.930. The molecule has 0 amide bonds. The minimum atomic E-state index is -0.981. The maximum atomic E-state index is 10.5. The summed E-state index contributed by atoms with van der Waals surface area (Å²) in [5.74, 6) is -0.355. The molecule has 0 aliphatic heterocycles. The molecule has 4 nitrogen and oxygen atoms in total. The zero-order chi connectivity index (χ0) is 8.15. The number of nitro groups is 1. The van der Waals surface area contributed by atoms with Gasteiger partial charge in [-0.1, -0.05) is 6.92 Å². The molecule has 0 radical (unpaired) electrons. The van der Waals surface area contributed by atoms with Crippen LogP contribution in [0.5, 0.6) is 0 Å². The molecule has 0 aromatic heterocycles. The predicted molar refractivity (Wildman–Crippen MR) is 36.4 cm³/mol. The van der Waals surface area contributed by atoms with Gasteiger partial charge in [0.05, 0.1) is 0 Å². The number of hydrogen-bond acceptors (Lipinski definition) is 3. The van der Waals surface area contributed by atoms with Crippen LogP contribution in [0.2, 0.25) is 0 Å². The van der Waals surface area contributed by atoms with Crippen molar-refractivity contribution in [3.8, 4) is 0 Å². The van der Waals surface area contributed by atoms with Crippen molar-refractivity contribution < 1.29 is 9.72 Å². The van der Waals surface area contributed by atoms with Crippen LogP contribution in [0.25, 0.3) is 0 Å². The Kier molecular flexibility index (Phi) is 3.61. The highest BCUT2D eigenvalue weighted by molar-refractivity contribution is 5.79. The Labute approximate surface area is 59.4 Å². The Morgan fingerprint density at radius 2 is 2.20 bits per heavy atom. The first-order valence-corrected chi connectivity index (χ1v) is 3.23. The van der Waals surface area contributed by atoms with Crippen molar-refractivity contribution in [2.45, 2.75) is 32.7 Å². The summed E-state index contributed by atoms with van der Waals surface area (Å²) in [6.07, 6.45) is 1.02. The van der Waals surface area contributed by atoms with Gasteiger partial charge in [-0.2, -0.15) is 0 Å². The normalized spacial score (nSPS) is 12.6. The van der Waals surface area contributed by atoms with E-state index in [9.17, 15) is 14.9 Å². The number of carbonyl (C=O) groups excluding carboxylic acids is 1. The van der Waals surface area contributed by atoms with Gasteiger partial charge in [0, 0.05) is 18.3 Å². The first kappa shape index (κ1) is 9.07. The zero-order valence-electron chi connectivity index (χ0n) is 6.16. The summed E-state index contributed by atoms with van der Waals surface area (Å²) in [7, 11) is 0. The van der Waals surface area contributed by atoms with Crippen molar-refractivity contribution >= 4 is 5.78 Å². The van der Waals surface area contributed by atoms with E-state index in [2.05, 4.69) is 0 Å². The molecule has 1 atom stereocenters. The van der Waals surface area contributed by atoms with E-state index < -0.39 is 11.0 Å². The maximum absolute atomic E-state index is 10.5. The molecule has 0 N–H and O–H groups in total. The molecule has 10 heavy (non-hydrogen) atoms. The highest BCUT2D eigenvalue weighted by atomic mass is 16.6. The number of Topliss-reactive ketones (excluding diaryl/α,β-unsaturated/α-hetero) is 1. The van der Waals surface area contributed by atoms with Gasteiger partial charge in [-0.3, -0.25) is 14.9 Å². The lowest BCUT2D eigenvalue weighted by Crippen LogP contribution is -2.26. The fraction of sp³-hybridized carbons (Fsp3) is 0.833. The first-order valence-electron chi connectivity index (χ1n) is 3.23. The molecule has 0 aliphatic carbocycles. The van der Waals surface area contributed by atoms with E-state index in [1.807, 2.05) is 6.92 Å². The summed E-state index contributed by atoms with van der Waals surface area (Å²) in [5.41, 5.74) is 0. The average Bonchev–Trinajstić information content (AvgIpc) is 1.81. The third kappa shape index (κ3) is 2.57. The molecule has 0 saturated heterocycles. The van der Waals surface area contributed by atoms with Crippen LogP contribution in [0.4, 0.5) is 0 Å². The molecule has 0 fully saturated rings. The molecule has 58 valence electrons. The van der Waals surface area contributed by atoms with Gasteiger partial charge in [-0.25, -0.2) is 0 Å². The Bertz CT molecular complexity index is 130. The van der Waals surface area contributed by atoms with Gasteiger partial charge in [0.2, 0.25) is 5.78 Å². The first-order chi connectivity index (χ1) is 4.59. The molecular weight excluding hydrogens is 134 g/mol. The Morgan fingerprint density at radius 1 is 1.70 bits per heavy atom. The molecule has 0 aromatic carbocycles. The van der Waals surface area contributed by atoms with Gasteiger partial charge in [0.15, 0.2) is 0 Å². The van der Waals surface area contributed by atoms with Gasteiger partial charge in [-0.05, 0) is 6.42 Å². The zero-order valence-corrected chi connectivity index (χ0v) is 6.16. The Morgan fingerprint density at radius 3 is 2.30 bits per heavy atom. The molecule has 0 saturated carbocycles. The summed E-state index contributed by atoms with van der Waals surface area (Å²) >= 11 is 0. The summed E-state index contributed by atoms with van der Waals surface area (Å²) in [4.78, 5) is 20.1. The molecule has 0 spiro atoms. The van der Waals surface area contributed by atoms with Crippen molar-refractivity contribution in [1.29, 1.82) is 0 Å². The number of hydrogen-bond donors (Lipinski definition) is 0. The number of rotatable bonds is 4. The lowest BCUT2D eigenvalue weighted by molar-refractivity contribution is -0.508. The fourth-order valence-corrected chi connectivity index (χ4v) is 0.731. The molecule has 0 heterocycles. The van der Waals surface area contributed by atoms with Crippen molar-refractivity contribution in [2.75, 3.05) is 0 Å². The second kappa shape index (κ2) is 3.98. The number of nitrogens with zero attached hydrogens (tertiary/aromatic N) is 1. The molecule has 0 aliphatic rings. The van der Waals surface area contributed by atoms with Crippen molar-refractivity contribution in [1.82, 2.24) is 0 Å². The quantitative estimate of drug-likeness (QED) is 0.438. The minimum absolute atomic E-state index is 0.350. The van der Waals surface area contributed by atoms with Crippen LogP contribution in [0.1, 0.15) is 26.7 Å². The smallest absolute Gasteiger partial charge is 0.269 e. The summed E-state index contributed by atoms with van der Waals surface area (Å²) in [5, 5.41) is 10.1. The standard InChI is InChI=1S/C6H11NO3/c1-3-4-6(5(2)8)7(9)10/h6H,3-4H2,1-2H3. The summed E-state index contributed by atoms with van der Waals surface area (Å²) in [6, 6.07) is -0.981. The van der Waals surface area contributed by atoms with Gasteiger partial charge < -0.3 is 0 Å². The van der Waals surface area contributed by atoms with E-state index in [0.29, 0.717) is 12.8 Å². The average molecular weight is 145 g/mol. The van der Waals surface area contributed by atoms with Crippen LogP contribution < -0.4 is 0 Å². The minimum Gasteiger partial charge on any atom is -0.292 e. The number of ketones is 1. The van der Waals surface area contributed by atoms with Gasteiger partial charge >= 0.3 is 0 Å². The summed E-state index contributed by atoms with van der Waals surface area (Å²) < 4.78 is 0. The SMILES string of the molecule is CCCC(C(C)=O)[N+](=O)[O-]. The van der Waals surface area contributed by atoms with Gasteiger partial charge in [0.1, 0.15) is 0 Å². The monoisotopic (exact) mass is 145 g/mol. The molecule has 4 heteroatoms. The van der Waals surface area contributed by atoms with Crippen molar-refractivity contribution in [3.63, 3.8) is 0 Å². The lowest BCUT2D eigenvalue weighted by atomic mass is 10.1. The molecule has 0 bridgehead atoms. The van der Waals surface area contributed by atoms with Crippen LogP contribution >= 0.6 is 0 Å². The molecule has 1 unspecified atom stereocenters. The predicted octanol–water partition coefficient (Wildman–Crippen LogP) is 1.02. The fourth-order valence-electron chi connectivity index (χ4n) is 0.731. The third-order valence-electron chi connectivity index (χ3n) is 1.29. The molecular formula is C6H11NO3. The van der Waals surface area contributed by atoms with Crippen molar-refractivity contribution in [3.05, 3.63) is 10.1 Å². The van der Waals surface area contributed by atoms with E-state index in [1.54, 1.807) is 0 Å². The van der Waals surface area contributed by atoms with Crippen LogP contribution in [-0.2, 0) is 4.79 Å².